The maximum atomic E-state index is 12.0. The maximum absolute atomic E-state index is 12.0. The van der Waals surface area contributed by atoms with E-state index in [0.29, 0.717) is 6.54 Å². The monoisotopic (exact) mass is 247 g/mol. The van der Waals surface area contributed by atoms with Crippen molar-refractivity contribution in [2.75, 3.05) is 24.5 Å². The van der Waals surface area contributed by atoms with Gasteiger partial charge in [0.1, 0.15) is 6.04 Å². The molecule has 18 heavy (non-hydrogen) atoms. The van der Waals surface area contributed by atoms with Crippen LogP contribution in [0.25, 0.3) is 0 Å². The van der Waals surface area contributed by atoms with Gasteiger partial charge in [-0.25, -0.2) is 0 Å². The van der Waals surface area contributed by atoms with E-state index in [-0.39, 0.29) is 11.9 Å². The van der Waals surface area contributed by atoms with Crippen molar-refractivity contribution in [3.05, 3.63) is 29.3 Å². The minimum absolute atomic E-state index is 0.0379. The van der Waals surface area contributed by atoms with E-state index in [1.807, 2.05) is 6.07 Å². The third-order valence-corrected chi connectivity index (χ3v) is 3.66. The van der Waals surface area contributed by atoms with Crippen molar-refractivity contribution in [3.8, 4) is 0 Å². The molecule has 0 aliphatic carbocycles. The van der Waals surface area contributed by atoms with Crippen LogP contribution < -0.4 is 16.0 Å². The lowest BCUT2D eigenvalue weighted by molar-refractivity contribution is -0.121. The Hall–Kier alpha value is -1.55. The van der Waals surface area contributed by atoms with Gasteiger partial charge in [-0.15, -0.1) is 0 Å². The number of carbonyl (C=O) groups is 1. The van der Waals surface area contributed by atoms with Gasteiger partial charge in [-0.1, -0.05) is 12.1 Å². The van der Waals surface area contributed by atoms with Gasteiger partial charge < -0.3 is 16.0 Å². The molecule has 1 heterocycles. The number of carbonyl (C=O) groups excluding carboxylic acids is 1. The first-order valence-corrected chi connectivity index (χ1v) is 6.45. The largest absolute Gasteiger partial charge is 0.358 e. The number of anilines is 1. The smallest absolute Gasteiger partial charge is 0.244 e. The van der Waals surface area contributed by atoms with Crippen molar-refractivity contribution in [1.82, 2.24) is 5.32 Å². The van der Waals surface area contributed by atoms with E-state index in [1.54, 1.807) is 0 Å². The zero-order valence-corrected chi connectivity index (χ0v) is 11.1. The molecule has 0 aromatic heterocycles. The number of rotatable bonds is 2. The fraction of sp³-hybridized carbons (Fsp3) is 0.500. The highest BCUT2D eigenvalue weighted by Crippen LogP contribution is 2.25. The number of benzene rings is 1. The fourth-order valence-electron chi connectivity index (χ4n) is 2.45. The van der Waals surface area contributed by atoms with Crippen LogP contribution in [0.5, 0.6) is 0 Å². The molecule has 1 atom stereocenters. The van der Waals surface area contributed by atoms with Gasteiger partial charge >= 0.3 is 0 Å². The third kappa shape index (κ3) is 2.34. The van der Waals surface area contributed by atoms with Gasteiger partial charge in [0, 0.05) is 25.3 Å². The molecule has 4 heteroatoms. The van der Waals surface area contributed by atoms with Crippen molar-refractivity contribution < 1.29 is 4.79 Å². The Morgan fingerprint density at radius 1 is 1.44 bits per heavy atom. The second-order valence-electron chi connectivity index (χ2n) is 4.81. The van der Waals surface area contributed by atoms with Crippen LogP contribution >= 0.6 is 0 Å². The molecule has 1 saturated heterocycles. The van der Waals surface area contributed by atoms with E-state index in [0.717, 1.165) is 25.2 Å². The summed E-state index contributed by atoms with van der Waals surface area (Å²) >= 11 is 0. The number of hydrogen-bond donors (Lipinski definition) is 2. The van der Waals surface area contributed by atoms with Crippen LogP contribution in [-0.4, -0.2) is 31.6 Å². The predicted octanol–water partition coefficient (Wildman–Crippen LogP) is 0.957. The molecule has 1 fully saturated rings. The lowest BCUT2D eigenvalue weighted by atomic mass is 10.1. The normalized spacial score (nSPS) is 20.5. The summed E-state index contributed by atoms with van der Waals surface area (Å²) in [7, 11) is 0. The Balaban J connectivity index is 2.39. The molecule has 0 spiro atoms. The molecular weight excluding hydrogens is 226 g/mol. The van der Waals surface area contributed by atoms with Gasteiger partial charge in [0.05, 0.1) is 0 Å². The third-order valence-electron chi connectivity index (χ3n) is 3.66. The SMILES string of the molecule is Cc1cccc(N2CCCNC(=O)C2CN)c1C. The summed E-state index contributed by atoms with van der Waals surface area (Å²) in [6.07, 6.45) is 0.954. The zero-order chi connectivity index (χ0) is 13.1. The van der Waals surface area contributed by atoms with Crippen LogP contribution in [0.3, 0.4) is 0 Å². The van der Waals surface area contributed by atoms with Gasteiger partial charge in [0.15, 0.2) is 0 Å². The summed E-state index contributed by atoms with van der Waals surface area (Å²) in [5.74, 6) is 0.0379. The molecule has 98 valence electrons. The van der Waals surface area contributed by atoms with Gasteiger partial charge in [-0.2, -0.15) is 0 Å². The van der Waals surface area contributed by atoms with E-state index >= 15 is 0 Å². The molecule has 1 aliphatic rings. The molecule has 0 saturated carbocycles. The van der Waals surface area contributed by atoms with Crippen molar-refractivity contribution in [1.29, 1.82) is 0 Å². The van der Waals surface area contributed by atoms with E-state index in [9.17, 15) is 4.79 Å². The Labute approximate surface area is 108 Å². The minimum Gasteiger partial charge on any atom is -0.358 e. The van der Waals surface area contributed by atoms with Crippen molar-refractivity contribution in [2.24, 2.45) is 5.73 Å². The average Bonchev–Trinajstić information content (AvgIpc) is 2.54. The summed E-state index contributed by atoms with van der Waals surface area (Å²) in [6, 6.07) is 5.94. The lowest BCUT2D eigenvalue weighted by Crippen LogP contribution is -2.49. The molecule has 1 aromatic rings. The summed E-state index contributed by atoms with van der Waals surface area (Å²) in [5, 5.41) is 2.92. The highest BCUT2D eigenvalue weighted by atomic mass is 16.2. The topological polar surface area (TPSA) is 58.4 Å². The second-order valence-corrected chi connectivity index (χ2v) is 4.81. The standard InChI is InChI=1S/C14H21N3O/c1-10-5-3-6-12(11(10)2)17-8-4-7-16-14(18)13(17)9-15/h3,5-6,13H,4,7-9,15H2,1-2H3,(H,16,18). The Kier molecular flexibility index (Phi) is 3.87. The zero-order valence-electron chi connectivity index (χ0n) is 11.1. The summed E-state index contributed by atoms with van der Waals surface area (Å²) in [4.78, 5) is 14.1. The van der Waals surface area contributed by atoms with Gasteiger partial charge in [-0.05, 0) is 37.5 Å². The molecule has 4 nitrogen and oxygen atoms in total. The number of aryl methyl sites for hydroxylation is 1. The first-order chi connectivity index (χ1) is 8.65. The van der Waals surface area contributed by atoms with Crippen LogP contribution in [0.1, 0.15) is 17.5 Å². The summed E-state index contributed by atoms with van der Waals surface area (Å²) < 4.78 is 0. The van der Waals surface area contributed by atoms with E-state index in [4.69, 9.17) is 5.73 Å². The molecule has 1 amide bonds. The van der Waals surface area contributed by atoms with Gasteiger partial charge in [-0.3, -0.25) is 4.79 Å². The van der Waals surface area contributed by atoms with Crippen LogP contribution in [0.15, 0.2) is 18.2 Å². The maximum Gasteiger partial charge on any atom is 0.244 e. The van der Waals surface area contributed by atoms with Crippen molar-refractivity contribution >= 4 is 11.6 Å². The number of nitrogens with one attached hydrogen (secondary N) is 1. The number of hydrogen-bond acceptors (Lipinski definition) is 3. The first-order valence-electron chi connectivity index (χ1n) is 6.45. The Morgan fingerprint density at radius 3 is 2.94 bits per heavy atom. The van der Waals surface area contributed by atoms with E-state index in [2.05, 4.69) is 36.2 Å². The molecule has 2 rings (SSSR count). The lowest BCUT2D eigenvalue weighted by Gasteiger charge is -2.31. The van der Waals surface area contributed by atoms with Crippen molar-refractivity contribution in [2.45, 2.75) is 26.3 Å². The highest BCUT2D eigenvalue weighted by molar-refractivity contribution is 5.86. The minimum atomic E-state index is -0.256. The summed E-state index contributed by atoms with van der Waals surface area (Å²) in [5.41, 5.74) is 9.37. The molecular formula is C14H21N3O. The van der Waals surface area contributed by atoms with Crippen LogP contribution in [0.2, 0.25) is 0 Å². The number of amides is 1. The van der Waals surface area contributed by atoms with Crippen LogP contribution in [0.4, 0.5) is 5.69 Å². The molecule has 0 radical (unpaired) electrons. The highest BCUT2D eigenvalue weighted by Gasteiger charge is 2.27. The number of nitrogens with zero attached hydrogens (tertiary/aromatic N) is 1. The van der Waals surface area contributed by atoms with Gasteiger partial charge in [0.25, 0.3) is 0 Å². The van der Waals surface area contributed by atoms with Gasteiger partial charge in [0.2, 0.25) is 5.91 Å². The molecule has 3 N–H and O–H groups in total. The fourth-order valence-corrected chi connectivity index (χ4v) is 2.45. The van der Waals surface area contributed by atoms with Crippen LogP contribution in [0, 0.1) is 13.8 Å². The molecule has 0 bridgehead atoms. The Bertz CT molecular complexity index is 445. The molecule has 1 aromatic carbocycles. The number of nitrogens with two attached hydrogens (primary N) is 1. The van der Waals surface area contributed by atoms with Crippen LogP contribution in [-0.2, 0) is 4.79 Å². The first kappa shape index (κ1) is 12.9. The second kappa shape index (κ2) is 5.40. The molecule has 1 aliphatic heterocycles. The van der Waals surface area contributed by atoms with E-state index in [1.165, 1.54) is 11.1 Å². The Morgan fingerprint density at radius 2 is 2.22 bits per heavy atom. The average molecular weight is 247 g/mol. The quantitative estimate of drug-likeness (QED) is 0.818. The predicted molar refractivity (Wildman–Crippen MR) is 73.7 cm³/mol. The van der Waals surface area contributed by atoms with Crippen molar-refractivity contribution in [3.63, 3.8) is 0 Å². The van der Waals surface area contributed by atoms with E-state index < -0.39 is 0 Å². The molecule has 1 unspecified atom stereocenters. The summed E-state index contributed by atoms with van der Waals surface area (Å²) in [6.45, 7) is 6.13.